The van der Waals surface area contributed by atoms with Crippen LogP contribution in [-0.4, -0.2) is 5.78 Å². The van der Waals surface area contributed by atoms with Gasteiger partial charge in [0.2, 0.25) is 0 Å². The van der Waals surface area contributed by atoms with Gasteiger partial charge < -0.3 is 5.43 Å². The Labute approximate surface area is 122 Å². The zero-order chi connectivity index (χ0) is 14.6. The molecular weight excluding hydrogens is 267 g/mol. The molecule has 0 unspecified atom stereocenters. The number of nitrogens with one attached hydrogen (secondary N) is 1. The van der Waals surface area contributed by atoms with Crippen molar-refractivity contribution in [2.24, 2.45) is 5.92 Å². The third kappa shape index (κ3) is 1.75. The van der Waals surface area contributed by atoms with Crippen LogP contribution in [0, 0.1) is 11.7 Å². The van der Waals surface area contributed by atoms with E-state index >= 15 is 0 Å². The molecule has 3 nitrogen and oxygen atoms in total. The van der Waals surface area contributed by atoms with Crippen LogP contribution in [0.1, 0.15) is 19.8 Å². The van der Waals surface area contributed by atoms with Crippen molar-refractivity contribution in [1.82, 2.24) is 5.43 Å². The molecule has 21 heavy (non-hydrogen) atoms. The van der Waals surface area contributed by atoms with Crippen molar-refractivity contribution in [1.29, 1.82) is 0 Å². The van der Waals surface area contributed by atoms with E-state index in [1.807, 2.05) is 11.2 Å². The number of halogens is 1. The number of hydrazine groups is 1. The van der Waals surface area contributed by atoms with Crippen LogP contribution in [0.4, 0.5) is 10.1 Å². The van der Waals surface area contributed by atoms with E-state index in [0.717, 1.165) is 34.5 Å². The quantitative estimate of drug-likeness (QED) is 0.858. The van der Waals surface area contributed by atoms with E-state index in [0.29, 0.717) is 6.42 Å². The zero-order valence-electron chi connectivity index (χ0n) is 11.7. The highest BCUT2D eigenvalue weighted by atomic mass is 19.1. The van der Waals surface area contributed by atoms with Gasteiger partial charge in [-0.25, -0.2) is 4.39 Å². The molecule has 0 aromatic heterocycles. The summed E-state index contributed by atoms with van der Waals surface area (Å²) in [4.78, 5) is 12.0. The van der Waals surface area contributed by atoms with Crippen molar-refractivity contribution in [2.45, 2.75) is 19.8 Å². The van der Waals surface area contributed by atoms with Crippen molar-refractivity contribution in [3.8, 4) is 0 Å². The fraction of sp³-hybridized carbons (Fsp3) is 0.235. The number of fused-ring (bicyclic) bond motifs is 1. The average Bonchev–Trinajstić information content (AvgIpc) is 3.05. The molecule has 0 saturated heterocycles. The summed E-state index contributed by atoms with van der Waals surface area (Å²) in [6, 6.07) is 6.39. The second kappa shape index (κ2) is 4.32. The third-order valence-electron chi connectivity index (χ3n) is 4.45. The number of carbonyl (C=O) groups excluding carboxylic acids is 1. The van der Waals surface area contributed by atoms with Gasteiger partial charge in [-0.2, -0.15) is 0 Å². The van der Waals surface area contributed by atoms with Crippen LogP contribution < -0.4 is 10.4 Å². The summed E-state index contributed by atoms with van der Waals surface area (Å²) in [7, 11) is 0. The van der Waals surface area contributed by atoms with E-state index < -0.39 is 0 Å². The van der Waals surface area contributed by atoms with Crippen LogP contribution >= 0.6 is 0 Å². The fourth-order valence-electron chi connectivity index (χ4n) is 3.39. The SMILES string of the molecule is C[C@H]1C2=CNN(c3ccc(F)cc3)C2=CC2=C1C(=O)CC2. The van der Waals surface area contributed by atoms with Crippen molar-refractivity contribution in [2.75, 3.05) is 5.01 Å². The normalized spacial score (nSPS) is 23.6. The van der Waals surface area contributed by atoms with Crippen molar-refractivity contribution in [3.63, 3.8) is 0 Å². The van der Waals surface area contributed by atoms with Crippen LogP contribution in [0.2, 0.25) is 0 Å². The summed E-state index contributed by atoms with van der Waals surface area (Å²) < 4.78 is 13.1. The molecule has 1 heterocycles. The highest BCUT2D eigenvalue weighted by Gasteiger charge is 2.37. The molecule has 0 radical (unpaired) electrons. The topological polar surface area (TPSA) is 32.3 Å². The maximum Gasteiger partial charge on any atom is 0.160 e. The number of rotatable bonds is 1. The molecule has 0 spiro atoms. The standard InChI is InChI=1S/C17H15FN2O/c1-10-14-9-19-20(13-5-3-12(18)4-6-13)15(14)8-11-2-7-16(21)17(10)11/h3-6,8-10,19H,2,7H2,1H3/t10-/m0/s1. The Kier molecular flexibility index (Phi) is 2.55. The second-order valence-corrected chi connectivity index (χ2v) is 5.65. The largest absolute Gasteiger partial charge is 0.301 e. The fourth-order valence-corrected chi connectivity index (χ4v) is 3.39. The molecule has 1 N–H and O–H groups in total. The Morgan fingerprint density at radius 2 is 2.00 bits per heavy atom. The van der Waals surface area contributed by atoms with Gasteiger partial charge in [0.25, 0.3) is 0 Å². The molecule has 4 heteroatoms. The molecule has 1 atom stereocenters. The van der Waals surface area contributed by atoms with Gasteiger partial charge in [0, 0.05) is 29.7 Å². The van der Waals surface area contributed by atoms with Gasteiger partial charge >= 0.3 is 0 Å². The van der Waals surface area contributed by atoms with Gasteiger partial charge in [-0.3, -0.25) is 9.80 Å². The first kappa shape index (κ1) is 12.4. The number of hydrogen-bond acceptors (Lipinski definition) is 3. The minimum absolute atomic E-state index is 0.118. The molecule has 0 amide bonds. The maximum atomic E-state index is 13.1. The highest BCUT2D eigenvalue weighted by Crippen LogP contribution is 2.43. The van der Waals surface area contributed by atoms with Gasteiger partial charge in [-0.1, -0.05) is 6.92 Å². The first-order valence-corrected chi connectivity index (χ1v) is 7.15. The number of Topliss-reactive ketones (excluding diaryl/α,β-unsaturated/α-hetero) is 1. The molecule has 0 bridgehead atoms. The summed E-state index contributed by atoms with van der Waals surface area (Å²) in [5.74, 6) is 0.144. The second-order valence-electron chi connectivity index (χ2n) is 5.65. The summed E-state index contributed by atoms with van der Waals surface area (Å²) in [5, 5.41) is 1.94. The molecule has 0 fully saturated rings. The maximum absolute atomic E-state index is 13.1. The molecule has 0 saturated carbocycles. The first-order valence-electron chi connectivity index (χ1n) is 7.15. The number of ketones is 1. The monoisotopic (exact) mass is 282 g/mol. The van der Waals surface area contributed by atoms with Crippen LogP contribution in [0.25, 0.3) is 0 Å². The van der Waals surface area contributed by atoms with Crippen molar-refractivity contribution in [3.05, 3.63) is 64.8 Å². The van der Waals surface area contributed by atoms with Crippen LogP contribution in [0.5, 0.6) is 0 Å². The minimum Gasteiger partial charge on any atom is -0.301 e. The Balaban J connectivity index is 1.77. The number of benzene rings is 1. The molecule has 3 aliphatic rings. The highest BCUT2D eigenvalue weighted by molar-refractivity contribution is 6.01. The van der Waals surface area contributed by atoms with E-state index in [1.54, 1.807) is 12.1 Å². The smallest absolute Gasteiger partial charge is 0.160 e. The number of anilines is 1. The van der Waals surface area contributed by atoms with Crippen LogP contribution in [0.15, 0.2) is 59.0 Å². The summed E-state index contributed by atoms with van der Waals surface area (Å²) >= 11 is 0. The number of nitrogens with zero attached hydrogens (tertiary/aromatic N) is 1. The average molecular weight is 282 g/mol. The van der Waals surface area contributed by atoms with Crippen LogP contribution in [-0.2, 0) is 4.79 Å². The zero-order valence-corrected chi connectivity index (χ0v) is 11.7. The predicted octanol–water partition coefficient (Wildman–Crippen LogP) is 3.23. The summed E-state index contributed by atoms with van der Waals surface area (Å²) in [6.45, 7) is 2.08. The third-order valence-corrected chi connectivity index (χ3v) is 4.45. The molecule has 4 rings (SSSR count). The Hall–Kier alpha value is -2.36. The Morgan fingerprint density at radius 3 is 2.76 bits per heavy atom. The Bertz CT molecular complexity index is 728. The molecule has 1 aromatic carbocycles. The van der Waals surface area contributed by atoms with Crippen molar-refractivity contribution < 1.29 is 9.18 Å². The van der Waals surface area contributed by atoms with Crippen LogP contribution in [0.3, 0.4) is 0 Å². The molecular formula is C17H15FN2O. The Morgan fingerprint density at radius 1 is 1.24 bits per heavy atom. The lowest BCUT2D eigenvalue weighted by Crippen LogP contribution is -2.29. The van der Waals surface area contributed by atoms with Gasteiger partial charge in [-0.05, 0) is 42.3 Å². The van der Waals surface area contributed by atoms with E-state index in [4.69, 9.17) is 0 Å². The van der Waals surface area contributed by atoms with E-state index in [1.165, 1.54) is 12.1 Å². The number of allylic oxidation sites excluding steroid dienone is 4. The van der Waals surface area contributed by atoms with E-state index in [-0.39, 0.29) is 17.5 Å². The first-order chi connectivity index (χ1) is 10.1. The lowest BCUT2D eigenvalue weighted by atomic mass is 9.84. The molecule has 2 aliphatic carbocycles. The van der Waals surface area contributed by atoms with Gasteiger partial charge in [-0.15, -0.1) is 0 Å². The molecule has 1 aliphatic heterocycles. The molecule has 1 aromatic rings. The lowest BCUT2D eigenvalue weighted by molar-refractivity contribution is -0.115. The van der Waals surface area contributed by atoms with Gasteiger partial charge in [0.05, 0.1) is 11.4 Å². The van der Waals surface area contributed by atoms with E-state index in [2.05, 4.69) is 18.4 Å². The predicted molar refractivity (Wildman–Crippen MR) is 78.6 cm³/mol. The minimum atomic E-state index is -0.247. The van der Waals surface area contributed by atoms with E-state index in [9.17, 15) is 9.18 Å². The lowest BCUT2D eigenvalue weighted by Gasteiger charge is -2.27. The number of hydrogen-bond donors (Lipinski definition) is 1. The number of carbonyl (C=O) groups is 1. The summed E-state index contributed by atoms with van der Waals surface area (Å²) in [5.41, 5.74) is 8.39. The van der Waals surface area contributed by atoms with Gasteiger partial charge in [0.1, 0.15) is 5.82 Å². The van der Waals surface area contributed by atoms with Gasteiger partial charge in [0.15, 0.2) is 5.78 Å². The molecule has 106 valence electrons. The summed E-state index contributed by atoms with van der Waals surface area (Å²) in [6.07, 6.45) is 5.48. The van der Waals surface area contributed by atoms with Crippen molar-refractivity contribution >= 4 is 11.5 Å².